The minimum absolute atomic E-state index is 0. The van der Waals surface area contributed by atoms with Crippen molar-refractivity contribution in [2.75, 3.05) is 11.9 Å². The zero-order valence-corrected chi connectivity index (χ0v) is 9.65. The normalized spacial score (nSPS) is 8.55. The van der Waals surface area contributed by atoms with Crippen molar-refractivity contribution in [2.45, 2.75) is 13.8 Å². The van der Waals surface area contributed by atoms with Gasteiger partial charge < -0.3 is 10.3 Å². The van der Waals surface area contributed by atoms with E-state index in [0.717, 1.165) is 18.1 Å². The molecule has 0 aliphatic carbocycles. The van der Waals surface area contributed by atoms with Gasteiger partial charge in [-0.3, -0.25) is 0 Å². The van der Waals surface area contributed by atoms with Crippen molar-refractivity contribution in [3.63, 3.8) is 0 Å². The molecule has 0 radical (unpaired) electrons. The fraction of sp³-hybridized carbons (Fsp3) is 0.375. The number of anilines is 1. The van der Waals surface area contributed by atoms with Crippen LogP contribution in [0.15, 0.2) is 12.1 Å². The molecule has 0 atom stereocenters. The van der Waals surface area contributed by atoms with E-state index in [1.807, 2.05) is 26.0 Å². The van der Waals surface area contributed by atoms with E-state index in [-0.39, 0.29) is 21.1 Å². The molecule has 0 saturated carbocycles. The van der Waals surface area contributed by atoms with E-state index in [0.29, 0.717) is 0 Å². The summed E-state index contributed by atoms with van der Waals surface area (Å²) in [6.07, 6.45) is 0. The number of aryl methyl sites for hydroxylation is 1. The van der Waals surface area contributed by atoms with E-state index in [4.69, 9.17) is 0 Å². The van der Waals surface area contributed by atoms with Crippen LogP contribution in [-0.2, 0) is 21.1 Å². The standard InChI is InChI=1S/C8H11N2.W/c1-3-9-8-6-4-5-7(2)10-8;/h5-6H,3H2,1-2H3,(H,9,10);/q-1;. The molecule has 0 saturated heterocycles. The largest absolute Gasteiger partial charge is 0.422 e. The van der Waals surface area contributed by atoms with Crippen molar-refractivity contribution >= 4 is 5.82 Å². The molecule has 0 aliphatic heterocycles. The fourth-order valence-corrected chi connectivity index (χ4v) is 0.767. The first-order valence-electron chi connectivity index (χ1n) is 3.41. The SMILES string of the molecule is CCNc1c[c-]cc(C)n1.[W]. The summed E-state index contributed by atoms with van der Waals surface area (Å²) in [5.74, 6) is 0.905. The Balaban J connectivity index is 0.000001000. The maximum atomic E-state index is 4.22. The van der Waals surface area contributed by atoms with Gasteiger partial charge in [-0.1, -0.05) is 12.6 Å². The number of hydrogen-bond donors (Lipinski definition) is 1. The van der Waals surface area contributed by atoms with Crippen LogP contribution in [0.4, 0.5) is 5.82 Å². The molecule has 1 heterocycles. The average molecular weight is 319 g/mol. The molecule has 0 fully saturated rings. The maximum Gasteiger partial charge on any atom is 0.0117 e. The van der Waals surface area contributed by atoms with Gasteiger partial charge in [0.15, 0.2) is 0 Å². The van der Waals surface area contributed by atoms with Crippen LogP contribution in [0.1, 0.15) is 12.6 Å². The fourth-order valence-electron chi connectivity index (χ4n) is 0.767. The molecule has 0 aromatic carbocycles. The van der Waals surface area contributed by atoms with Gasteiger partial charge in [0.2, 0.25) is 0 Å². The summed E-state index contributed by atoms with van der Waals surface area (Å²) in [5, 5.41) is 3.11. The summed E-state index contributed by atoms with van der Waals surface area (Å²) >= 11 is 0. The molecule has 0 aliphatic rings. The summed E-state index contributed by atoms with van der Waals surface area (Å²) in [6.45, 7) is 4.91. The molecular weight excluding hydrogens is 308 g/mol. The Kier molecular flexibility index (Phi) is 5.14. The average Bonchev–Trinajstić information content (AvgIpc) is 1.88. The monoisotopic (exact) mass is 319 g/mol. The topological polar surface area (TPSA) is 24.9 Å². The van der Waals surface area contributed by atoms with Crippen LogP contribution in [-0.4, -0.2) is 11.5 Å². The Morgan fingerprint density at radius 2 is 2.27 bits per heavy atom. The van der Waals surface area contributed by atoms with Crippen LogP contribution in [0.25, 0.3) is 0 Å². The van der Waals surface area contributed by atoms with Crippen molar-refractivity contribution in [3.8, 4) is 0 Å². The van der Waals surface area contributed by atoms with Crippen LogP contribution in [0.2, 0.25) is 0 Å². The molecular formula is C8H11N2W-. The van der Waals surface area contributed by atoms with Crippen molar-refractivity contribution in [1.29, 1.82) is 0 Å². The second kappa shape index (κ2) is 5.31. The van der Waals surface area contributed by atoms with Crippen LogP contribution >= 0.6 is 0 Å². The van der Waals surface area contributed by atoms with Crippen molar-refractivity contribution in [3.05, 3.63) is 23.9 Å². The van der Waals surface area contributed by atoms with E-state index in [9.17, 15) is 0 Å². The third-order valence-corrected chi connectivity index (χ3v) is 1.17. The third-order valence-electron chi connectivity index (χ3n) is 1.17. The molecule has 1 aromatic rings. The van der Waals surface area contributed by atoms with Gasteiger partial charge in [0.05, 0.1) is 0 Å². The molecule has 0 amide bonds. The van der Waals surface area contributed by atoms with Crippen molar-refractivity contribution < 1.29 is 21.1 Å². The minimum Gasteiger partial charge on any atom is -0.422 e. The number of pyridine rings is 1. The first-order chi connectivity index (χ1) is 4.83. The van der Waals surface area contributed by atoms with Gasteiger partial charge in [-0.2, -0.15) is 12.1 Å². The molecule has 0 bridgehead atoms. The third kappa shape index (κ3) is 3.52. The zero-order chi connectivity index (χ0) is 7.40. The van der Waals surface area contributed by atoms with Crippen LogP contribution in [0, 0.1) is 13.0 Å². The quantitative estimate of drug-likeness (QED) is 0.838. The van der Waals surface area contributed by atoms with E-state index in [2.05, 4.69) is 16.4 Å². The van der Waals surface area contributed by atoms with E-state index in [1.165, 1.54) is 0 Å². The van der Waals surface area contributed by atoms with Gasteiger partial charge in [-0.25, -0.2) is 0 Å². The Labute approximate surface area is 81.7 Å². The molecule has 3 heteroatoms. The van der Waals surface area contributed by atoms with Gasteiger partial charge in [0, 0.05) is 33.4 Å². The number of nitrogens with one attached hydrogen (secondary N) is 1. The summed E-state index contributed by atoms with van der Waals surface area (Å²) < 4.78 is 0. The van der Waals surface area contributed by atoms with E-state index < -0.39 is 0 Å². The van der Waals surface area contributed by atoms with E-state index >= 15 is 0 Å². The predicted molar refractivity (Wildman–Crippen MR) is 42.0 cm³/mol. The summed E-state index contributed by atoms with van der Waals surface area (Å²) in [4.78, 5) is 4.22. The molecule has 1 N–H and O–H groups in total. The minimum atomic E-state index is 0. The molecule has 1 aromatic heterocycles. The Hall–Kier alpha value is -0.362. The summed E-state index contributed by atoms with van der Waals surface area (Å²) in [5.41, 5.74) is 0.999. The molecule has 0 unspecified atom stereocenters. The predicted octanol–water partition coefficient (Wildman–Crippen LogP) is 1.62. The molecule has 0 spiro atoms. The number of hydrogen-bond acceptors (Lipinski definition) is 2. The molecule has 60 valence electrons. The Morgan fingerprint density at radius 1 is 1.55 bits per heavy atom. The first kappa shape index (κ1) is 10.6. The molecule has 1 rings (SSSR count). The van der Waals surface area contributed by atoms with Crippen molar-refractivity contribution in [1.82, 2.24) is 4.98 Å². The molecule has 2 nitrogen and oxygen atoms in total. The smallest absolute Gasteiger partial charge is 0.0117 e. The second-order valence-corrected chi connectivity index (χ2v) is 2.12. The Morgan fingerprint density at radius 3 is 2.82 bits per heavy atom. The summed E-state index contributed by atoms with van der Waals surface area (Å²) in [7, 11) is 0. The maximum absolute atomic E-state index is 4.22. The van der Waals surface area contributed by atoms with E-state index in [1.54, 1.807) is 0 Å². The van der Waals surface area contributed by atoms with Crippen LogP contribution < -0.4 is 5.32 Å². The number of aromatic nitrogens is 1. The van der Waals surface area contributed by atoms with Gasteiger partial charge in [0.25, 0.3) is 0 Å². The van der Waals surface area contributed by atoms with Gasteiger partial charge >= 0.3 is 0 Å². The number of nitrogens with zero attached hydrogens (tertiary/aromatic N) is 1. The van der Waals surface area contributed by atoms with Gasteiger partial charge in [-0.15, -0.1) is 6.07 Å². The summed E-state index contributed by atoms with van der Waals surface area (Å²) in [6, 6.07) is 6.69. The Bertz CT molecular complexity index is 213. The second-order valence-electron chi connectivity index (χ2n) is 2.12. The van der Waals surface area contributed by atoms with Crippen LogP contribution in [0.3, 0.4) is 0 Å². The van der Waals surface area contributed by atoms with Crippen molar-refractivity contribution in [2.24, 2.45) is 0 Å². The zero-order valence-electron chi connectivity index (χ0n) is 6.72. The number of rotatable bonds is 2. The van der Waals surface area contributed by atoms with Gasteiger partial charge in [0.1, 0.15) is 0 Å². The molecule has 11 heavy (non-hydrogen) atoms. The van der Waals surface area contributed by atoms with Gasteiger partial charge in [-0.05, 0) is 6.92 Å². The first-order valence-corrected chi connectivity index (χ1v) is 3.41. The van der Waals surface area contributed by atoms with Crippen LogP contribution in [0.5, 0.6) is 0 Å².